The van der Waals surface area contributed by atoms with Crippen LogP contribution in [-0.2, 0) is 0 Å². The molecule has 4 N–H and O–H groups in total. The summed E-state index contributed by atoms with van der Waals surface area (Å²) >= 11 is 0. The number of nitrogens with zero attached hydrogens (tertiary/aromatic N) is 2. The minimum atomic E-state index is -1.62. The van der Waals surface area contributed by atoms with Crippen LogP contribution in [0.25, 0.3) is 11.3 Å². The number of halogens is 3. The molecule has 1 saturated carbocycles. The second kappa shape index (κ2) is 9.73. The van der Waals surface area contributed by atoms with E-state index < -0.39 is 58.8 Å². The molecule has 3 aromatic rings. The fraction of sp³-hybridized carbons (Fsp3) is 0.320. The van der Waals surface area contributed by atoms with Gasteiger partial charge in [-0.1, -0.05) is 13.0 Å². The SMILES string of the molecule is C[C@H]1C[C@@H](c2ccncc2NC(=O)c2ccc(F)c(-c3c(F)cccc3F)n2)C[C@@H](O)[C@]1(O)CO. The quantitative estimate of drug-likeness (QED) is 0.439. The van der Waals surface area contributed by atoms with Gasteiger partial charge < -0.3 is 20.6 Å². The van der Waals surface area contributed by atoms with Crippen LogP contribution >= 0.6 is 0 Å². The number of amides is 1. The van der Waals surface area contributed by atoms with Gasteiger partial charge in [0, 0.05) is 6.20 Å². The normalized spacial score (nSPS) is 24.3. The number of nitrogens with one attached hydrogen (secondary N) is 1. The summed E-state index contributed by atoms with van der Waals surface area (Å²) in [6.07, 6.45) is 2.30. The first-order valence-electron chi connectivity index (χ1n) is 11.0. The molecular formula is C25H24F3N3O4. The number of hydrogen-bond donors (Lipinski definition) is 4. The summed E-state index contributed by atoms with van der Waals surface area (Å²) in [6, 6.07) is 6.73. The van der Waals surface area contributed by atoms with E-state index in [1.807, 2.05) is 0 Å². The molecule has 2 heterocycles. The lowest BCUT2D eigenvalue weighted by Gasteiger charge is -2.44. The van der Waals surface area contributed by atoms with Gasteiger partial charge in [-0.25, -0.2) is 18.2 Å². The lowest BCUT2D eigenvalue weighted by atomic mass is 9.68. The summed E-state index contributed by atoms with van der Waals surface area (Å²) in [5, 5.41) is 33.2. The summed E-state index contributed by atoms with van der Waals surface area (Å²) in [5.74, 6) is -4.49. The van der Waals surface area contributed by atoms with Crippen LogP contribution in [0.1, 0.15) is 41.7 Å². The Morgan fingerprint density at radius 3 is 2.49 bits per heavy atom. The van der Waals surface area contributed by atoms with E-state index >= 15 is 0 Å². The molecule has 0 spiro atoms. The molecule has 184 valence electrons. The molecule has 1 aliphatic carbocycles. The Bertz CT molecular complexity index is 1220. The Morgan fingerprint density at radius 2 is 1.83 bits per heavy atom. The average molecular weight is 487 g/mol. The molecule has 0 radical (unpaired) electrons. The molecule has 7 nitrogen and oxygen atoms in total. The number of anilines is 1. The zero-order valence-corrected chi connectivity index (χ0v) is 18.8. The number of aliphatic hydroxyl groups is 3. The van der Waals surface area contributed by atoms with Crippen molar-refractivity contribution in [3.05, 3.63) is 77.5 Å². The summed E-state index contributed by atoms with van der Waals surface area (Å²) in [6.45, 7) is 1.14. The van der Waals surface area contributed by atoms with Gasteiger partial charge >= 0.3 is 0 Å². The summed E-state index contributed by atoms with van der Waals surface area (Å²) < 4.78 is 42.8. The van der Waals surface area contributed by atoms with E-state index in [1.54, 1.807) is 13.0 Å². The second-order valence-electron chi connectivity index (χ2n) is 8.78. The Balaban J connectivity index is 1.62. The molecular weight excluding hydrogens is 463 g/mol. The summed E-state index contributed by atoms with van der Waals surface area (Å²) in [4.78, 5) is 20.9. The van der Waals surface area contributed by atoms with E-state index in [1.165, 1.54) is 12.4 Å². The lowest BCUT2D eigenvalue weighted by Crippen LogP contribution is -2.54. The Labute approximate surface area is 199 Å². The van der Waals surface area contributed by atoms with Crippen molar-refractivity contribution >= 4 is 11.6 Å². The van der Waals surface area contributed by atoms with E-state index in [-0.39, 0.29) is 18.0 Å². The third-order valence-corrected chi connectivity index (χ3v) is 6.65. The molecule has 1 fully saturated rings. The van der Waals surface area contributed by atoms with Crippen LogP contribution in [0, 0.1) is 23.4 Å². The predicted molar refractivity (Wildman–Crippen MR) is 121 cm³/mol. The Morgan fingerprint density at radius 1 is 1.11 bits per heavy atom. The molecule has 1 aliphatic rings. The van der Waals surface area contributed by atoms with Crippen LogP contribution in [0.5, 0.6) is 0 Å². The van der Waals surface area contributed by atoms with E-state index in [2.05, 4.69) is 15.3 Å². The molecule has 4 rings (SSSR count). The van der Waals surface area contributed by atoms with Crippen molar-refractivity contribution in [1.82, 2.24) is 9.97 Å². The number of aromatic nitrogens is 2. The van der Waals surface area contributed by atoms with E-state index in [9.17, 15) is 33.3 Å². The maximum absolute atomic E-state index is 14.4. The fourth-order valence-electron chi connectivity index (χ4n) is 4.56. The molecule has 35 heavy (non-hydrogen) atoms. The van der Waals surface area contributed by atoms with Crippen molar-refractivity contribution in [2.45, 2.75) is 37.4 Å². The van der Waals surface area contributed by atoms with Crippen molar-refractivity contribution in [1.29, 1.82) is 0 Å². The standard InChI is InChI=1S/C25H24F3N3O4/c1-13-9-14(10-21(33)25(13,35)12-32)15-7-8-29-11-20(15)31-24(34)19-6-5-18(28)23(30-19)22-16(26)3-2-4-17(22)27/h2-8,11,13-14,21,32-33,35H,9-10,12H2,1H3,(H,31,34)/t13-,14+,21+,25-/m0/s1. The zero-order chi connectivity index (χ0) is 25.3. The number of benzene rings is 1. The number of carbonyl (C=O) groups is 1. The van der Waals surface area contributed by atoms with Crippen LogP contribution in [0.3, 0.4) is 0 Å². The lowest BCUT2D eigenvalue weighted by molar-refractivity contribution is -0.159. The van der Waals surface area contributed by atoms with Gasteiger partial charge in [0.05, 0.1) is 30.2 Å². The third kappa shape index (κ3) is 4.64. The molecule has 0 unspecified atom stereocenters. The van der Waals surface area contributed by atoms with Crippen LogP contribution in [0.15, 0.2) is 48.8 Å². The van der Waals surface area contributed by atoms with Crippen molar-refractivity contribution in [2.24, 2.45) is 5.92 Å². The maximum Gasteiger partial charge on any atom is 0.274 e. The molecule has 10 heteroatoms. The van der Waals surface area contributed by atoms with Gasteiger partial charge in [-0.2, -0.15) is 0 Å². The average Bonchev–Trinajstić information content (AvgIpc) is 2.83. The highest BCUT2D eigenvalue weighted by Crippen LogP contribution is 2.43. The van der Waals surface area contributed by atoms with Crippen molar-refractivity contribution in [2.75, 3.05) is 11.9 Å². The van der Waals surface area contributed by atoms with Crippen molar-refractivity contribution in [3.8, 4) is 11.3 Å². The highest BCUT2D eigenvalue weighted by atomic mass is 19.1. The molecule has 0 bridgehead atoms. The van der Waals surface area contributed by atoms with E-state index in [0.717, 1.165) is 30.3 Å². The topological polar surface area (TPSA) is 116 Å². The molecule has 2 aromatic heterocycles. The van der Waals surface area contributed by atoms with Gasteiger partial charge in [0.25, 0.3) is 5.91 Å². The van der Waals surface area contributed by atoms with Gasteiger partial charge in [-0.3, -0.25) is 9.78 Å². The number of pyridine rings is 2. The molecule has 0 aliphatic heterocycles. The van der Waals surface area contributed by atoms with Gasteiger partial charge in [-0.15, -0.1) is 0 Å². The van der Waals surface area contributed by atoms with Crippen molar-refractivity contribution < 1.29 is 33.3 Å². The molecule has 4 atom stereocenters. The number of rotatable bonds is 5. The number of carbonyl (C=O) groups excluding carboxylic acids is 1. The Hall–Kier alpha value is -3.34. The third-order valence-electron chi connectivity index (χ3n) is 6.65. The highest BCUT2D eigenvalue weighted by molar-refractivity contribution is 6.03. The first-order chi connectivity index (χ1) is 16.7. The first-order valence-corrected chi connectivity index (χ1v) is 11.0. The second-order valence-corrected chi connectivity index (χ2v) is 8.78. The van der Waals surface area contributed by atoms with Crippen LogP contribution in [-0.4, -0.2) is 49.5 Å². The summed E-state index contributed by atoms with van der Waals surface area (Å²) in [7, 11) is 0. The molecule has 0 saturated heterocycles. The highest BCUT2D eigenvalue weighted by Gasteiger charge is 2.46. The number of aliphatic hydroxyl groups excluding tert-OH is 2. The summed E-state index contributed by atoms with van der Waals surface area (Å²) in [5.41, 5.74) is -2.26. The monoisotopic (exact) mass is 487 g/mol. The van der Waals surface area contributed by atoms with Gasteiger partial charge in [-0.05, 0) is 60.6 Å². The van der Waals surface area contributed by atoms with E-state index in [0.29, 0.717) is 17.7 Å². The van der Waals surface area contributed by atoms with Crippen LogP contribution in [0.4, 0.5) is 18.9 Å². The fourth-order valence-corrected chi connectivity index (χ4v) is 4.56. The Kier molecular flexibility index (Phi) is 6.88. The largest absolute Gasteiger partial charge is 0.393 e. The van der Waals surface area contributed by atoms with Crippen LogP contribution in [0.2, 0.25) is 0 Å². The van der Waals surface area contributed by atoms with Gasteiger partial charge in [0.1, 0.15) is 34.4 Å². The van der Waals surface area contributed by atoms with E-state index in [4.69, 9.17) is 0 Å². The number of hydrogen-bond acceptors (Lipinski definition) is 6. The smallest absolute Gasteiger partial charge is 0.274 e. The predicted octanol–water partition coefficient (Wildman–Crippen LogP) is 3.41. The first kappa shape index (κ1) is 24.8. The minimum absolute atomic E-state index is 0.139. The minimum Gasteiger partial charge on any atom is -0.393 e. The maximum atomic E-state index is 14.4. The molecule has 1 aromatic carbocycles. The van der Waals surface area contributed by atoms with Crippen LogP contribution < -0.4 is 5.32 Å². The van der Waals surface area contributed by atoms with Gasteiger partial charge in [0.15, 0.2) is 0 Å². The zero-order valence-electron chi connectivity index (χ0n) is 18.8. The van der Waals surface area contributed by atoms with Gasteiger partial charge in [0.2, 0.25) is 0 Å². The molecule has 1 amide bonds. The van der Waals surface area contributed by atoms with Crippen molar-refractivity contribution in [3.63, 3.8) is 0 Å².